The highest BCUT2D eigenvalue weighted by Crippen LogP contribution is 2.40. The molecule has 0 radical (unpaired) electrons. The highest BCUT2D eigenvalue weighted by molar-refractivity contribution is 7.26. The summed E-state index contributed by atoms with van der Waals surface area (Å²) in [5, 5.41) is 1.30. The highest BCUT2D eigenvalue weighted by Gasteiger charge is 2.26. The number of aromatic amines is 1. The van der Waals surface area contributed by atoms with Crippen LogP contribution in [0.25, 0.3) is 32.1 Å². The number of thiophene rings is 1. The van der Waals surface area contributed by atoms with E-state index < -0.39 is 0 Å². The van der Waals surface area contributed by atoms with Gasteiger partial charge in [-0.05, 0) is 73.1 Å². The SMILES string of the molecule is CCc1c(/C=C2\N=C(c3c(C)cc(C(C)(C)C)cc3C)c3ccc(C)cc32)[nH]c2c1sc1ccccc12. The zero-order chi connectivity index (χ0) is 26.1. The first-order chi connectivity index (χ1) is 17.7. The molecule has 0 unspecified atom stereocenters. The predicted octanol–water partition coefficient (Wildman–Crippen LogP) is 9.52. The van der Waals surface area contributed by atoms with E-state index in [0.29, 0.717) is 0 Å². The van der Waals surface area contributed by atoms with Crippen LogP contribution in [0.5, 0.6) is 0 Å². The third-order valence-electron chi connectivity index (χ3n) is 7.66. The number of hydrogen-bond acceptors (Lipinski definition) is 2. The second kappa shape index (κ2) is 8.56. The number of fused-ring (bicyclic) bond motifs is 4. The fraction of sp³-hybridized carbons (Fsp3) is 0.265. The molecule has 186 valence electrons. The van der Waals surface area contributed by atoms with Crippen LogP contribution in [-0.4, -0.2) is 10.7 Å². The summed E-state index contributed by atoms with van der Waals surface area (Å²) in [5.41, 5.74) is 15.0. The Balaban J connectivity index is 1.55. The smallest absolute Gasteiger partial charge is 0.0793 e. The molecule has 0 amide bonds. The van der Waals surface area contributed by atoms with Crippen LogP contribution in [0.4, 0.5) is 0 Å². The fourth-order valence-electron chi connectivity index (χ4n) is 5.71. The highest BCUT2D eigenvalue weighted by atomic mass is 32.1. The summed E-state index contributed by atoms with van der Waals surface area (Å²) in [6.07, 6.45) is 3.26. The van der Waals surface area contributed by atoms with Crippen LogP contribution in [0, 0.1) is 20.8 Å². The minimum absolute atomic E-state index is 0.118. The molecule has 5 aromatic rings. The minimum atomic E-state index is 0.118. The molecule has 37 heavy (non-hydrogen) atoms. The van der Waals surface area contributed by atoms with Gasteiger partial charge in [-0.2, -0.15) is 0 Å². The summed E-state index contributed by atoms with van der Waals surface area (Å²) in [5.74, 6) is 0. The maximum atomic E-state index is 5.33. The van der Waals surface area contributed by atoms with E-state index in [9.17, 15) is 0 Å². The van der Waals surface area contributed by atoms with Gasteiger partial charge in [0.1, 0.15) is 0 Å². The summed E-state index contributed by atoms with van der Waals surface area (Å²) in [7, 11) is 0. The van der Waals surface area contributed by atoms with Crippen LogP contribution in [0.2, 0.25) is 0 Å². The van der Waals surface area contributed by atoms with Gasteiger partial charge in [0.05, 0.1) is 21.6 Å². The lowest BCUT2D eigenvalue weighted by Crippen LogP contribution is -2.14. The average molecular weight is 503 g/mol. The van der Waals surface area contributed by atoms with Gasteiger partial charge in [0.2, 0.25) is 0 Å². The molecule has 0 aliphatic carbocycles. The van der Waals surface area contributed by atoms with Gasteiger partial charge in [0, 0.05) is 32.5 Å². The van der Waals surface area contributed by atoms with E-state index in [1.807, 2.05) is 11.3 Å². The van der Waals surface area contributed by atoms with E-state index in [1.165, 1.54) is 70.5 Å². The van der Waals surface area contributed by atoms with Crippen LogP contribution < -0.4 is 0 Å². The Morgan fingerprint density at radius 2 is 1.65 bits per heavy atom. The normalized spacial score (nSPS) is 14.7. The van der Waals surface area contributed by atoms with Crippen molar-refractivity contribution in [1.82, 2.24) is 4.98 Å². The Bertz CT molecular complexity index is 1740. The molecular formula is C34H34N2S. The average Bonchev–Trinajstić information content (AvgIpc) is 3.48. The number of nitrogens with one attached hydrogen (secondary N) is 1. The standard InChI is InChI=1S/C34H34N2S/c1-8-23-27(36-32-25-11-9-10-12-29(25)37-33(23)32)18-28-26-15-19(2)13-14-24(26)31(35-28)30-20(3)16-22(17-21(30)4)34(5,6)7/h9-18,36H,8H2,1-7H3/b28-18-. The second-order valence-electron chi connectivity index (χ2n) is 11.4. The zero-order valence-electron chi connectivity index (χ0n) is 22.8. The van der Waals surface area contributed by atoms with Crippen molar-refractivity contribution in [1.29, 1.82) is 0 Å². The first-order valence-electron chi connectivity index (χ1n) is 13.2. The quantitative estimate of drug-likeness (QED) is 0.254. The maximum absolute atomic E-state index is 5.33. The van der Waals surface area contributed by atoms with Gasteiger partial charge in [0.25, 0.3) is 0 Å². The number of nitrogens with zero attached hydrogens (tertiary/aromatic N) is 1. The second-order valence-corrected chi connectivity index (χ2v) is 12.5. The van der Waals surface area contributed by atoms with Crippen LogP contribution in [-0.2, 0) is 11.8 Å². The van der Waals surface area contributed by atoms with Gasteiger partial charge < -0.3 is 4.98 Å². The first kappa shape index (κ1) is 23.9. The summed E-state index contributed by atoms with van der Waals surface area (Å²) in [4.78, 5) is 9.11. The Labute approximate surface area is 223 Å². The van der Waals surface area contributed by atoms with E-state index in [2.05, 4.69) is 114 Å². The number of benzene rings is 3. The molecule has 1 N–H and O–H groups in total. The van der Waals surface area contributed by atoms with Crippen molar-refractivity contribution in [2.45, 2.75) is 60.3 Å². The number of hydrogen-bond donors (Lipinski definition) is 1. The minimum Gasteiger partial charge on any atom is -0.353 e. The van der Waals surface area contributed by atoms with E-state index in [-0.39, 0.29) is 5.41 Å². The van der Waals surface area contributed by atoms with Crippen molar-refractivity contribution in [2.75, 3.05) is 0 Å². The molecule has 0 atom stereocenters. The van der Waals surface area contributed by atoms with Crippen molar-refractivity contribution in [3.63, 3.8) is 0 Å². The van der Waals surface area contributed by atoms with Crippen LogP contribution in [0.15, 0.2) is 59.6 Å². The molecule has 6 rings (SSSR count). The largest absolute Gasteiger partial charge is 0.353 e. The summed E-state index contributed by atoms with van der Waals surface area (Å²) in [6.45, 7) is 15.7. The fourth-order valence-corrected chi connectivity index (χ4v) is 7.00. The Kier molecular flexibility index (Phi) is 5.54. The molecule has 3 heterocycles. The Hall–Kier alpha value is -3.43. The molecule has 0 saturated carbocycles. The first-order valence-corrected chi connectivity index (χ1v) is 14.0. The predicted molar refractivity (Wildman–Crippen MR) is 162 cm³/mol. The van der Waals surface area contributed by atoms with E-state index in [4.69, 9.17) is 4.99 Å². The van der Waals surface area contributed by atoms with E-state index >= 15 is 0 Å². The Morgan fingerprint density at radius 1 is 0.919 bits per heavy atom. The molecule has 2 nitrogen and oxygen atoms in total. The van der Waals surface area contributed by atoms with Crippen molar-refractivity contribution < 1.29 is 0 Å². The van der Waals surface area contributed by atoms with Gasteiger partial charge in [-0.25, -0.2) is 4.99 Å². The molecule has 2 aromatic heterocycles. The summed E-state index contributed by atoms with van der Waals surface area (Å²) >= 11 is 1.89. The Morgan fingerprint density at radius 3 is 2.35 bits per heavy atom. The van der Waals surface area contributed by atoms with Crippen LogP contribution in [0.1, 0.15) is 77.9 Å². The van der Waals surface area contributed by atoms with Gasteiger partial charge >= 0.3 is 0 Å². The van der Waals surface area contributed by atoms with Gasteiger partial charge in [-0.15, -0.1) is 11.3 Å². The number of aryl methyl sites for hydroxylation is 4. The lowest BCUT2D eigenvalue weighted by molar-refractivity contribution is 0.589. The van der Waals surface area contributed by atoms with Crippen molar-refractivity contribution in [3.8, 4) is 0 Å². The van der Waals surface area contributed by atoms with E-state index in [0.717, 1.165) is 17.8 Å². The number of H-pyrrole nitrogens is 1. The number of aliphatic imine (C=N–C) groups is 1. The van der Waals surface area contributed by atoms with Crippen molar-refractivity contribution >= 4 is 49.1 Å². The lowest BCUT2D eigenvalue weighted by Gasteiger charge is -2.22. The molecule has 3 heteroatoms. The summed E-state index contributed by atoms with van der Waals surface area (Å²) < 4.78 is 2.70. The molecule has 0 fully saturated rings. The van der Waals surface area contributed by atoms with Crippen molar-refractivity contribution in [3.05, 3.63) is 105 Å². The van der Waals surface area contributed by atoms with Crippen molar-refractivity contribution in [2.24, 2.45) is 4.99 Å². The molecule has 0 spiro atoms. The molecule has 1 aliphatic rings. The molecule has 3 aromatic carbocycles. The van der Waals surface area contributed by atoms with E-state index in [1.54, 1.807) is 0 Å². The van der Waals surface area contributed by atoms with Gasteiger partial charge in [0.15, 0.2) is 0 Å². The number of aromatic nitrogens is 1. The van der Waals surface area contributed by atoms with Crippen LogP contribution >= 0.6 is 11.3 Å². The molecular weight excluding hydrogens is 468 g/mol. The number of rotatable bonds is 3. The van der Waals surface area contributed by atoms with Crippen LogP contribution in [0.3, 0.4) is 0 Å². The molecule has 0 bridgehead atoms. The molecule has 1 aliphatic heterocycles. The zero-order valence-corrected chi connectivity index (χ0v) is 23.7. The molecule has 0 saturated heterocycles. The maximum Gasteiger partial charge on any atom is 0.0793 e. The third-order valence-corrected chi connectivity index (χ3v) is 8.89. The summed E-state index contributed by atoms with van der Waals surface area (Å²) in [6, 6.07) is 20.1. The monoisotopic (exact) mass is 502 g/mol. The lowest BCUT2D eigenvalue weighted by atomic mass is 9.82. The van der Waals surface area contributed by atoms with Gasteiger partial charge in [-0.1, -0.05) is 75.7 Å². The van der Waals surface area contributed by atoms with Gasteiger partial charge in [-0.3, -0.25) is 0 Å². The third kappa shape index (κ3) is 3.88. The topological polar surface area (TPSA) is 28.1 Å².